The van der Waals surface area contributed by atoms with Gasteiger partial charge in [0.05, 0.1) is 16.8 Å². The topological polar surface area (TPSA) is 25.8 Å². The molecule has 0 unspecified atom stereocenters. The van der Waals surface area contributed by atoms with Crippen molar-refractivity contribution in [1.82, 2.24) is 9.97 Å². The molecule has 0 amide bonds. The molecule has 0 saturated carbocycles. The third-order valence-corrected chi connectivity index (χ3v) is 12.8. The van der Waals surface area contributed by atoms with Crippen molar-refractivity contribution in [2.75, 3.05) is 0 Å². The maximum Gasteiger partial charge on any atom is 0.161 e. The van der Waals surface area contributed by atoms with E-state index in [1.807, 2.05) is 0 Å². The quantitative estimate of drug-likeness (QED) is 0.168. The second kappa shape index (κ2) is 14.1. The Hall–Kier alpha value is -7.94. The number of fused-ring (bicyclic) bond motifs is 7. The fraction of sp³-hybridized carbons (Fsp3) is 0.0169. The summed E-state index contributed by atoms with van der Waals surface area (Å²) in [5, 5.41) is 7.13. The molecule has 12 rings (SSSR count). The van der Waals surface area contributed by atoms with E-state index in [4.69, 9.17) is 9.97 Å². The maximum absolute atomic E-state index is 5.41. The van der Waals surface area contributed by atoms with Crippen LogP contribution in [0.1, 0.15) is 22.3 Å². The highest BCUT2D eigenvalue weighted by atomic mass is 14.9. The Morgan fingerprint density at radius 1 is 0.279 bits per heavy atom. The molecular weight excluding hydrogens is 737 g/mol. The lowest BCUT2D eigenvalue weighted by Gasteiger charge is -2.36. The number of aromatic nitrogens is 2. The van der Waals surface area contributed by atoms with Crippen molar-refractivity contribution in [2.45, 2.75) is 5.41 Å². The lowest BCUT2D eigenvalue weighted by atomic mass is 9.65. The molecule has 11 aromatic rings. The summed E-state index contributed by atoms with van der Waals surface area (Å²) < 4.78 is 0. The van der Waals surface area contributed by atoms with Gasteiger partial charge in [-0.15, -0.1) is 0 Å². The van der Waals surface area contributed by atoms with Gasteiger partial charge in [-0.3, -0.25) is 0 Å². The van der Waals surface area contributed by atoms with Gasteiger partial charge >= 0.3 is 0 Å². The molecule has 0 radical (unpaired) electrons. The molecule has 0 bridgehead atoms. The summed E-state index contributed by atoms with van der Waals surface area (Å²) in [7, 11) is 0. The Morgan fingerprint density at radius 2 is 0.738 bits per heavy atom. The Morgan fingerprint density at radius 3 is 1.44 bits per heavy atom. The van der Waals surface area contributed by atoms with Crippen LogP contribution in [0.25, 0.3) is 88.5 Å². The molecule has 0 spiro atoms. The molecule has 2 heteroatoms. The van der Waals surface area contributed by atoms with E-state index >= 15 is 0 Å². The van der Waals surface area contributed by atoms with Gasteiger partial charge in [0, 0.05) is 16.7 Å². The molecule has 0 saturated heterocycles. The van der Waals surface area contributed by atoms with E-state index in [0.29, 0.717) is 5.82 Å². The average molecular weight is 775 g/mol. The fourth-order valence-electron chi connectivity index (χ4n) is 10.2. The summed E-state index contributed by atoms with van der Waals surface area (Å²) in [6, 6.07) is 83.7. The molecule has 0 fully saturated rings. The minimum absolute atomic E-state index is 0.588. The Kier molecular flexibility index (Phi) is 8.11. The summed E-state index contributed by atoms with van der Waals surface area (Å²) in [5.74, 6) is 0.711. The molecule has 0 N–H and O–H groups in total. The lowest BCUT2D eigenvalue weighted by molar-refractivity contribution is 0.777. The van der Waals surface area contributed by atoms with Crippen molar-refractivity contribution >= 4 is 32.3 Å². The predicted molar refractivity (Wildman–Crippen MR) is 254 cm³/mol. The van der Waals surface area contributed by atoms with Crippen molar-refractivity contribution in [3.05, 3.63) is 253 Å². The number of hydrogen-bond donors (Lipinski definition) is 0. The summed E-state index contributed by atoms with van der Waals surface area (Å²) in [5.41, 5.74) is 14.4. The van der Waals surface area contributed by atoms with Crippen LogP contribution < -0.4 is 0 Å². The third-order valence-electron chi connectivity index (χ3n) is 12.8. The lowest BCUT2D eigenvalue weighted by Crippen LogP contribution is -2.29. The van der Waals surface area contributed by atoms with Crippen LogP contribution in [0.2, 0.25) is 0 Å². The van der Waals surface area contributed by atoms with E-state index in [9.17, 15) is 0 Å². The SMILES string of the molecule is c1ccc(-c2cc(-c3ccc(-c4cccc5c4C(c4ccccc4)(c4ccccc4)c4c-5ccc5ccccc45)c4ccccc34)nc(-c3cccc4ccccc34)n2)cc1. The molecule has 10 aromatic carbocycles. The van der Waals surface area contributed by atoms with Crippen LogP contribution in [0.15, 0.2) is 231 Å². The van der Waals surface area contributed by atoms with E-state index < -0.39 is 5.41 Å². The number of hydrogen-bond acceptors (Lipinski definition) is 2. The van der Waals surface area contributed by atoms with Crippen LogP contribution in [0.4, 0.5) is 0 Å². The monoisotopic (exact) mass is 774 g/mol. The first kappa shape index (κ1) is 35.0. The molecule has 61 heavy (non-hydrogen) atoms. The smallest absolute Gasteiger partial charge is 0.161 e. The van der Waals surface area contributed by atoms with E-state index in [0.717, 1.165) is 44.2 Å². The standard InChI is InChI=1S/C59H38N2/c1-4-20-41(21-5-1)54-38-55(61-58(60-54)53-33-16-22-39-18-10-12-27-44(39)53)49-37-36-48(46-29-14-15-30-47(46)49)50-31-17-32-51-52-35-34-40-19-11-13-28-45(40)56(52)59(57(50)51,42-23-6-2-7-24-42)43-25-8-3-9-26-43/h1-38H. The van der Waals surface area contributed by atoms with Gasteiger partial charge in [-0.2, -0.15) is 0 Å². The summed E-state index contributed by atoms with van der Waals surface area (Å²) >= 11 is 0. The highest BCUT2D eigenvalue weighted by molar-refractivity contribution is 6.09. The van der Waals surface area contributed by atoms with Crippen LogP contribution in [-0.4, -0.2) is 9.97 Å². The zero-order valence-corrected chi connectivity index (χ0v) is 33.3. The van der Waals surface area contributed by atoms with Crippen molar-refractivity contribution in [3.63, 3.8) is 0 Å². The van der Waals surface area contributed by atoms with Crippen molar-refractivity contribution in [1.29, 1.82) is 0 Å². The van der Waals surface area contributed by atoms with Crippen LogP contribution in [0, 0.1) is 0 Å². The minimum Gasteiger partial charge on any atom is -0.228 e. The second-order valence-electron chi connectivity index (χ2n) is 16.0. The number of benzene rings is 10. The van der Waals surface area contributed by atoms with Crippen LogP contribution in [0.5, 0.6) is 0 Å². The van der Waals surface area contributed by atoms with Gasteiger partial charge in [0.2, 0.25) is 0 Å². The first-order chi connectivity index (χ1) is 30.3. The molecule has 284 valence electrons. The fourth-order valence-corrected chi connectivity index (χ4v) is 10.2. The van der Waals surface area contributed by atoms with Gasteiger partial charge in [0.25, 0.3) is 0 Å². The summed E-state index contributed by atoms with van der Waals surface area (Å²) in [6.45, 7) is 0. The van der Waals surface area contributed by atoms with Gasteiger partial charge in [0.15, 0.2) is 5.82 Å². The average Bonchev–Trinajstić information content (AvgIpc) is 3.66. The van der Waals surface area contributed by atoms with Crippen molar-refractivity contribution in [3.8, 4) is 56.2 Å². The molecule has 2 nitrogen and oxygen atoms in total. The molecule has 0 aliphatic heterocycles. The first-order valence-electron chi connectivity index (χ1n) is 21.0. The summed E-state index contributed by atoms with van der Waals surface area (Å²) in [6.07, 6.45) is 0. The maximum atomic E-state index is 5.41. The zero-order chi connectivity index (χ0) is 40.3. The number of nitrogens with zero attached hydrogens (tertiary/aromatic N) is 2. The van der Waals surface area contributed by atoms with E-state index in [-0.39, 0.29) is 0 Å². The van der Waals surface area contributed by atoms with E-state index in [1.165, 1.54) is 60.7 Å². The summed E-state index contributed by atoms with van der Waals surface area (Å²) in [4.78, 5) is 10.6. The second-order valence-corrected chi connectivity index (χ2v) is 16.0. The zero-order valence-electron chi connectivity index (χ0n) is 33.3. The molecule has 1 heterocycles. The van der Waals surface area contributed by atoms with E-state index in [2.05, 4.69) is 231 Å². The van der Waals surface area contributed by atoms with E-state index in [1.54, 1.807) is 0 Å². The van der Waals surface area contributed by atoms with Crippen molar-refractivity contribution < 1.29 is 0 Å². The molecule has 1 aliphatic rings. The van der Waals surface area contributed by atoms with Gasteiger partial charge < -0.3 is 0 Å². The Balaban J connectivity index is 1.14. The van der Waals surface area contributed by atoms with Crippen LogP contribution in [-0.2, 0) is 5.41 Å². The number of rotatable bonds is 6. The molecule has 1 aliphatic carbocycles. The first-order valence-corrected chi connectivity index (χ1v) is 21.0. The van der Waals surface area contributed by atoms with Gasteiger partial charge in [0.1, 0.15) is 0 Å². The molecule has 0 atom stereocenters. The largest absolute Gasteiger partial charge is 0.228 e. The predicted octanol–water partition coefficient (Wildman–Crippen LogP) is 15.0. The molecular formula is C59H38N2. The highest BCUT2D eigenvalue weighted by Gasteiger charge is 2.48. The van der Waals surface area contributed by atoms with Crippen molar-refractivity contribution in [2.24, 2.45) is 0 Å². The van der Waals surface area contributed by atoms with Crippen LogP contribution >= 0.6 is 0 Å². The normalized spacial score (nSPS) is 12.7. The Bertz CT molecular complexity index is 3420. The third kappa shape index (κ3) is 5.43. The molecule has 1 aromatic heterocycles. The minimum atomic E-state index is -0.588. The van der Waals surface area contributed by atoms with Gasteiger partial charge in [-0.1, -0.05) is 224 Å². The van der Waals surface area contributed by atoms with Gasteiger partial charge in [-0.05, 0) is 82.9 Å². The highest BCUT2D eigenvalue weighted by Crippen LogP contribution is 2.60. The Labute approximate surface area is 355 Å². The van der Waals surface area contributed by atoms with Crippen LogP contribution in [0.3, 0.4) is 0 Å². The van der Waals surface area contributed by atoms with Gasteiger partial charge in [-0.25, -0.2) is 9.97 Å².